The minimum atomic E-state index is -0.0477. The zero-order valence-electron chi connectivity index (χ0n) is 12.3. The summed E-state index contributed by atoms with van der Waals surface area (Å²) in [5.74, 6) is 0.843. The Morgan fingerprint density at radius 1 is 1.36 bits per heavy atom. The number of hydrogen-bond acceptors (Lipinski definition) is 4. The Balaban J connectivity index is 1.70. The van der Waals surface area contributed by atoms with Gasteiger partial charge in [-0.25, -0.2) is 0 Å². The molecule has 1 aliphatic heterocycles. The summed E-state index contributed by atoms with van der Waals surface area (Å²) >= 11 is 8.15. The number of aryl methyl sites for hydroxylation is 1. The molecule has 0 radical (unpaired) electrons. The highest BCUT2D eigenvalue weighted by Gasteiger charge is 2.25. The Kier molecular flexibility index (Phi) is 4.69. The first-order valence-electron chi connectivity index (χ1n) is 7.17. The van der Waals surface area contributed by atoms with Crippen molar-refractivity contribution in [3.63, 3.8) is 0 Å². The molecule has 116 valence electrons. The number of thioether (sulfide) groups is 1. The summed E-state index contributed by atoms with van der Waals surface area (Å²) < 4.78 is 1.55. The van der Waals surface area contributed by atoms with Crippen LogP contribution in [-0.2, 0) is 7.05 Å². The second-order valence-electron chi connectivity index (χ2n) is 5.24. The summed E-state index contributed by atoms with van der Waals surface area (Å²) in [6.45, 7) is 1.43. The standard InChI is InChI=1S/C15H17ClN4OS/c1-19-10-13(17-18-19)15(21)20-7-6-14(22-9-8-20)11-4-2-3-5-12(11)16/h2-5,10,14H,6-9H2,1H3. The van der Waals surface area contributed by atoms with Gasteiger partial charge in [0.15, 0.2) is 5.69 Å². The van der Waals surface area contributed by atoms with E-state index < -0.39 is 0 Å². The third kappa shape index (κ3) is 3.28. The van der Waals surface area contributed by atoms with Gasteiger partial charge in [0.05, 0.1) is 6.20 Å². The van der Waals surface area contributed by atoms with Crippen molar-refractivity contribution in [1.29, 1.82) is 0 Å². The number of nitrogens with zero attached hydrogens (tertiary/aromatic N) is 4. The van der Waals surface area contributed by atoms with E-state index in [2.05, 4.69) is 16.4 Å². The van der Waals surface area contributed by atoms with E-state index in [9.17, 15) is 4.79 Å². The van der Waals surface area contributed by atoms with Crippen molar-refractivity contribution < 1.29 is 4.79 Å². The highest BCUT2D eigenvalue weighted by Crippen LogP contribution is 2.37. The van der Waals surface area contributed by atoms with Gasteiger partial charge in [-0.1, -0.05) is 35.0 Å². The number of carbonyl (C=O) groups excluding carboxylic acids is 1. The van der Waals surface area contributed by atoms with Crippen LogP contribution < -0.4 is 0 Å². The SMILES string of the molecule is Cn1cc(C(=O)N2CCSC(c3ccccc3Cl)CC2)nn1. The highest BCUT2D eigenvalue weighted by atomic mass is 35.5. The molecule has 0 aliphatic carbocycles. The van der Waals surface area contributed by atoms with Crippen molar-refractivity contribution in [2.75, 3.05) is 18.8 Å². The molecule has 1 aromatic heterocycles. The van der Waals surface area contributed by atoms with Gasteiger partial charge in [0.2, 0.25) is 0 Å². The summed E-state index contributed by atoms with van der Waals surface area (Å²) in [5.41, 5.74) is 1.56. The molecule has 1 saturated heterocycles. The molecule has 0 saturated carbocycles. The van der Waals surface area contributed by atoms with Crippen LogP contribution in [0.5, 0.6) is 0 Å². The Morgan fingerprint density at radius 3 is 2.91 bits per heavy atom. The lowest BCUT2D eigenvalue weighted by Crippen LogP contribution is -2.33. The Labute approximate surface area is 138 Å². The fourth-order valence-electron chi connectivity index (χ4n) is 2.57. The monoisotopic (exact) mass is 336 g/mol. The number of rotatable bonds is 2. The first-order valence-corrected chi connectivity index (χ1v) is 8.59. The van der Waals surface area contributed by atoms with Gasteiger partial charge in [-0.3, -0.25) is 9.48 Å². The molecule has 0 N–H and O–H groups in total. The highest BCUT2D eigenvalue weighted by molar-refractivity contribution is 7.99. The van der Waals surface area contributed by atoms with E-state index in [0.717, 1.165) is 29.3 Å². The molecule has 1 aromatic carbocycles. The normalized spacial score (nSPS) is 19.0. The lowest BCUT2D eigenvalue weighted by molar-refractivity contribution is 0.0760. The molecule has 0 spiro atoms. The van der Waals surface area contributed by atoms with Crippen LogP contribution in [0.25, 0.3) is 0 Å². The van der Waals surface area contributed by atoms with Crippen LogP contribution in [0.1, 0.15) is 27.7 Å². The largest absolute Gasteiger partial charge is 0.336 e. The number of benzene rings is 1. The molecule has 5 nitrogen and oxygen atoms in total. The molecule has 7 heteroatoms. The van der Waals surface area contributed by atoms with E-state index >= 15 is 0 Å². The van der Waals surface area contributed by atoms with Gasteiger partial charge in [0.25, 0.3) is 5.91 Å². The first-order chi connectivity index (χ1) is 10.6. The molecule has 1 aliphatic rings. The Morgan fingerprint density at radius 2 is 2.18 bits per heavy atom. The van der Waals surface area contributed by atoms with Crippen LogP contribution in [0.4, 0.5) is 0 Å². The number of aromatic nitrogens is 3. The lowest BCUT2D eigenvalue weighted by atomic mass is 10.1. The van der Waals surface area contributed by atoms with E-state index in [1.54, 1.807) is 17.9 Å². The van der Waals surface area contributed by atoms with Crippen LogP contribution >= 0.6 is 23.4 Å². The Bertz CT molecular complexity index is 675. The zero-order valence-corrected chi connectivity index (χ0v) is 13.8. The third-order valence-electron chi connectivity index (χ3n) is 3.70. The van der Waals surface area contributed by atoms with Gasteiger partial charge in [-0.2, -0.15) is 11.8 Å². The summed E-state index contributed by atoms with van der Waals surface area (Å²) in [6, 6.07) is 7.94. The molecule has 22 heavy (non-hydrogen) atoms. The smallest absolute Gasteiger partial charge is 0.276 e. The number of halogens is 1. The van der Waals surface area contributed by atoms with E-state index in [0.29, 0.717) is 17.5 Å². The summed E-state index contributed by atoms with van der Waals surface area (Å²) in [5, 5.41) is 8.86. The van der Waals surface area contributed by atoms with Gasteiger partial charge in [-0.05, 0) is 18.1 Å². The fourth-order valence-corrected chi connectivity index (χ4v) is 4.16. The lowest BCUT2D eigenvalue weighted by Gasteiger charge is -2.19. The van der Waals surface area contributed by atoms with E-state index in [-0.39, 0.29) is 5.91 Å². The maximum Gasteiger partial charge on any atom is 0.276 e. The van der Waals surface area contributed by atoms with Crippen molar-refractivity contribution in [2.45, 2.75) is 11.7 Å². The van der Waals surface area contributed by atoms with Gasteiger partial charge < -0.3 is 4.90 Å². The second-order valence-corrected chi connectivity index (χ2v) is 6.96. The molecule has 2 aromatic rings. The van der Waals surface area contributed by atoms with Gasteiger partial charge >= 0.3 is 0 Å². The van der Waals surface area contributed by atoms with Crippen LogP contribution in [-0.4, -0.2) is 44.6 Å². The van der Waals surface area contributed by atoms with Crippen molar-refractivity contribution in [2.24, 2.45) is 7.05 Å². The van der Waals surface area contributed by atoms with Crippen LogP contribution in [0.2, 0.25) is 5.02 Å². The minimum Gasteiger partial charge on any atom is -0.336 e. The number of amides is 1. The molecule has 1 atom stereocenters. The van der Waals surface area contributed by atoms with Gasteiger partial charge in [-0.15, -0.1) is 5.10 Å². The summed E-state index contributed by atoms with van der Waals surface area (Å²) in [4.78, 5) is 14.3. The topological polar surface area (TPSA) is 51.0 Å². The van der Waals surface area contributed by atoms with Crippen molar-refractivity contribution in [1.82, 2.24) is 19.9 Å². The third-order valence-corrected chi connectivity index (χ3v) is 5.36. The molecule has 0 bridgehead atoms. The minimum absolute atomic E-state index is 0.0477. The molecule has 1 fully saturated rings. The zero-order chi connectivity index (χ0) is 15.5. The van der Waals surface area contributed by atoms with E-state index in [4.69, 9.17) is 11.6 Å². The maximum atomic E-state index is 12.5. The maximum absolute atomic E-state index is 12.5. The Hall–Kier alpha value is -1.53. The first kappa shape index (κ1) is 15.4. The van der Waals surface area contributed by atoms with E-state index in [1.807, 2.05) is 34.9 Å². The number of hydrogen-bond donors (Lipinski definition) is 0. The van der Waals surface area contributed by atoms with Gasteiger partial charge in [0.1, 0.15) is 0 Å². The van der Waals surface area contributed by atoms with Crippen molar-refractivity contribution in [3.05, 3.63) is 46.7 Å². The van der Waals surface area contributed by atoms with Crippen LogP contribution in [0.15, 0.2) is 30.5 Å². The van der Waals surface area contributed by atoms with Crippen LogP contribution in [0.3, 0.4) is 0 Å². The predicted octanol–water partition coefficient (Wildman–Crippen LogP) is 2.79. The second kappa shape index (κ2) is 6.71. The molecule has 3 rings (SSSR count). The fraction of sp³-hybridized carbons (Fsp3) is 0.400. The van der Waals surface area contributed by atoms with Crippen LogP contribution in [0, 0.1) is 0 Å². The van der Waals surface area contributed by atoms with Crippen molar-refractivity contribution in [3.8, 4) is 0 Å². The molecule has 1 amide bonds. The average molecular weight is 337 g/mol. The van der Waals surface area contributed by atoms with E-state index in [1.165, 1.54) is 0 Å². The van der Waals surface area contributed by atoms with Gasteiger partial charge in [0, 0.05) is 36.2 Å². The summed E-state index contributed by atoms with van der Waals surface area (Å²) in [6.07, 6.45) is 2.55. The quantitative estimate of drug-likeness (QED) is 0.846. The molecular formula is C15H17ClN4OS. The molecule has 2 heterocycles. The molecule has 1 unspecified atom stereocenters. The average Bonchev–Trinajstić information content (AvgIpc) is 2.81. The predicted molar refractivity (Wildman–Crippen MR) is 88.2 cm³/mol. The molecular weight excluding hydrogens is 320 g/mol. The number of carbonyl (C=O) groups is 1. The van der Waals surface area contributed by atoms with Crippen molar-refractivity contribution >= 4 is 29.3 Å². The summed E-state index contributed by atoms with van der Waals surface area (Å²) in [7, 11) is 1.76.